The maximum Gasteiger partial charge on any atom is 0.336 e. The summed E-state index contributed by atoms with van der Waals surface area (Å²) in [4.78, 5) is 91.6. The van der Waals surface area contributed by atoms with Crippen molar-refractivity contribution in [2.45, 2.75) is 32.6 Å². The van der Waals surface area contributed by atoms with E-state index in [9.17, 15) is 38.9 Å². The van der Waals surface area contributed by atoms with Crippen LogP contribution in [-0.2, 0) is 19.1 Å². The SMILES string of the molecule is CC1=C(C(=O)OCCCN2C(=O)c3ccccc3C2=O)C(c2cccc([N+](=O)[O-])c2)C(C(=O)OCCCN2C(=O)c3ccccc3C2=O)=C(C)N1. The zero-order chi connectivity index (χ0) is 36.4. The van der Waals surface area contributed by atoms with Crippen molar-refractivity contribution in [3.05, 3.63) is 133 Å². The quantitative estimate of drug-likeness (QED) is 0.0940. The van der Waals surface area contributed by atoms with Crippen molar-refractivity contribution in [3.63, 3.8) is 0 Å². The van der Waals surface area contributed by atoms with E-state index in [4.69, 9.17) is 9.47 Å². The number of amides is 4. The molecular formula is C37H32N4O10. The second-order valence-corrected chi connectivity index (χ2v) is 12.1. The smallest absolute Gasteiger partial charge is 0.336 e. The molecule has 1 N–H and O–H groups in total. The highest BCUT2D eigenvalue weighted by atomic mass is 16.6. The van der Waals surface area contributed by atoms with Crippen LogP contribution in [0.1, 0.15) is 79.6 Å². The molecule has 3 aromatic rings. The molecule has 0 atom stereocenters. The van der Waals surface area contributed by atoms with Gasteiger partial charge in [-0.15, -0.1) is 0 Å². The number of hydrogen-bond acceptors (Lipinski definition) is 11. The number of dihydropyridines is 1. The number of imide groups is 2. The van der Waals surface area contributed by atoms with Crippen LogP contribution >= 0.6 is 0 Å². The minimum absolute atomic E-state index is 0.00150. The molecule has 0 unspecified atom stereocenters. The molecule has 14 nitrogen and oxygen atoms in total. The number of hydrogen-bond donors (Lipinski definition) is 1. The van der Waals surface area contributed by atoms with Crippen molar-refractivity contribution in [1.82, 2.24) is 15.1 Å². The number of ether oxygens (including phenoxy) is 2. The number of nitro benzene ring substituents is 1. The number of non-ortho nitro benzene ring substituents is 1. The molecule has 3 aromatic carbocycles. The van der Waals surface area contributed by atoms with Crippen molar-refractivity contribution in [3.8, 4) is 0 Å². The molecule has 4 amide bonds. The fourth-order valence-corrected chi connectivity index (χ4v) is 6.50. The summed E-state index contributed by atoms with van der Waals surface area (Å²) < 4.78 is 11.2. The van der Waals surface area contributed by atoms with E-state index in [-0.39, 0.29) is 61.5 Å². The summed E-state index contributed by atoms with van der Waals surface area (Å²) in [6, 6.07) is 18.5. The van der Waals surface area contributed by atoms with Gasteiger partial charge in [-0.25, -0.2) is 9.59 Å². The molecule has 51 heavy (non-hydrogen) atoms. The molecule has 260 valence electrons. The number of carbonyl (C=O) groups excluding carboxylic acids is 6. The minimum atomic E-state index is -1.13. The van der Waals surface area contributed by atoms with Gasteiger partial charge in [-0.2, -0.15) is 0 Å². The van der Waals surface area contributed by atoms with E-state index >= 15 is 0 Å². The molecule has 3 aliphatic rings. The predicted octanol–water partition coefficient (Wildman–Crippen LogP) is 4.29. The van der Waals surface area contributed by atoms with Crippen LogP contribution in [0.15, 0.2) is 95.3 Å². The first-order valence-electron chi connectivity index (χ1n) is 16.2. The lowest BCUT2D eigenvalue weighted by Crippen LogP contribution is -2.34. The molecule has 0 fully saturated rings. The lowest BCUT2D eigenvalue weighted by molar-refractivity contribution is -0.384. The van der Waals surface area contributed by atoms with Gasteiger partial charge in [-0.3, -0.25) is 39.1 Å². The zero-order valence-corrected chi connectivity index (χ0v) is 27.7. The number of benzene rings is 3. The summed E-state index contributed by atoms with van der Waals surface area (Å²) in [5.41, 5.74) is 1.94. The first-order valence-corrected chi connectivity index (χ1v) is 16.2. The van der Waals surface area contributed by atoms with Gasteiger partial charge in [0.15, 0.2) is 0 Å². The van der Waals surface area contributed by atoms with Gasteiger partial charge in [0.25, 0.3) is 29.3 Å². The first kappa shape index (κ1) is 34.4. The number of esters is 2. The number of allylic oxidation sites excluding steroid dienone is 2. The van der Waals surface area contributed by atoms with Crippen LogP contribution < -0.4 is 5.32 Å². The standard InChI is InChI=1S/C37H32N4O10/c1-21-29(36(46)50-18-8-16-39-32(42)25-12-3-4-13-26(25)33(39)43)31(23-10-7-11-24(20-23)41(48)49)30(22(2)38-21)37(47)51-19-9-17-40-34(44)27-14-5-6-15-28(27)35(40)45/h3-7,10-15,20,31,38H,8-9,16-19H2,1-2H3. The highest BCUT2D eigenvalue weighted by Crippen LogP contribution is 2.40. The van der Waals surface area contributed by atoms with Gasteiger partial charge < -0.3 is 14.8 Å². The summed E-state index contributed by atoms with van der Waals surface area (Å²) in [5.74, 6) is -4.50. The molecule has 14 heteroatoms. The molecule has 3 aliphatic heterocycles. The fraction of sp³-hybridized carbons (Fsp3) is 0.243. The largest absolute Gasteiger partial charge is 0.462 e. The molecule has 0 aliphatic carbocycles. The minimum Gasteiger partial charge on any atom is -0.462 e. The third kappa shape index (κ3) is 6.50. The first-order chi connectivity index (χ1) is 24.5. The highest BCUT2D eigenvalue weighted by Gasteiger charge is 2.40. The summed E-state index contributed by atoms with van der Waals surface area (Å²) in [6.07, 6.45) is 0.268. The topological polar surface area (TPSA) is 183 Å². The van der Waals surface area contributed by atoms with Gasteiger partial charge in [0.1, 0.15) is 0 Å². The third-order valence-electron chi connectivity index (χ3n) is 8.89. The van der Waals surface area contributed by atoms with Gasteiger partial charge in [0.2, 0.25) is 0 Å². The summed E-state index contributed by atoms with van der Waals surface area (Å²) >= 11 is 0. The van der Waals surface area contributed by atoms with Crippen molar-refractivity contribution in [1.29, 1.82) is 0 Å². The van der Waals surface area contributed by atoms with E-state index in [2.05, 4.69) is 5.32 Å². The number of rotatable bonds is 12. The molecule has 0 aromatic heterocycles. The van der Waals surface area contributed by atoms with Crippen LogP contribution in [0.2, 0.25) is 0 Å². The second kappa shape index (κ2) is 14.2. The van der Waals surface area contributed by atoms with E-state index in [1.54, 1.807) is 68.4 Å². The van der Waals surface area contributed by atoms with Crippen LogP contribution in [0.4, 0.5) is 5.69 Å². The normalized spacial score (nSPS) is 15.6. The Labute approximate surface area is 291 Å². The Morgan fingerprint density at radius 2 is 1.10 bits per heavy atom. The predicted molar refractivity (Wildman–Crippen MR) is 179 cm³/mol. The van der Waals surface area contributed by atoms with Crippen LogP contribution in [0.25, 0.3) is 0 Å². The maximum absolute atomic E-state index is 13.7. The highest BCUT2D eigenvalue weighted by molar-refractivity contribution is 6.22. The van der Waals surface area contributed by atoms with Crippen LogP contribution in [0, 0.1) is 10.1 Å². The Balaban J connectivity index is 1.15. The van der Waals surface area contributed by atoms with Crippen molar-refractivity contribution >= 4 is 41.3 Å². The van der Waals surface area contributed by atoms with E-state index < -0.39 is 46.4 Å². The zero-order valence-electron chi connectivity index (χ0n) is 27.7. The molecule has 6 rings (SSSR count). The molecule has 0 radical (unpaired) electrons. The van der Waals surface area contributed by atoms with Gasteiger partial charge in [0.05, 0.1) is 57.5 Å². The lowest BCUT2D eigenvalue weighted by atomic mass is 9.80. The summed E-state index contributed by atoms with van der Waals surface area (Å²) in [5, 5.41) is 14.7. The van der Waals surface area contributed by atoms with Crippen LogP contribution in [0.3, 0.4) is 0 Å². The Kier molecular flexibility index (Phi) is 9.58. The average Bonchev–Trinajstić information content (AvgIpc) is 3.51. The Morgan fingerprint density at radius 1 is 0.686 bits per heavy atom. The lowest BCUT2D eigenvalue weighted by Gasteiger charge is -2.30. The van der Waals surface area contributed by atoms with Gasteiger partial charge in [-0.1, -0.05) is 36.4 Å². The third-order valence-corrected chi connectivity index (χ3v) is 8.89. The van der Waals surface area contributed by atoms with Crippen LogP contribution in [0.5, 0.6) is 0 Å². The van der Waals surface area contributed by atoms with Gasteiger partial charge >= 0.3 is 11.9 Å². The van der Waals surface area contributed by atoms with Crippen LogP contribution in [-0.4, -0.2) is 76.6 Å². The van der Waals surface area contributed by atoms with Crippen molar-refractivity contribution < 1.29 is 43.2 Å². The monoisotopic (exact) mass is 692 g/mol. The second-order valence-electron chi connectivity index (χ2n) is 12.1. The Hall–Kier alpha value is -6.44. The van der Waals surface area contributed by atoms with E-state index in [1.807, 2.05) is 0 Å². The number of nitrogens with one attached hydrogen (secondary N) is 1. The van der Waals surface area contributed by atoms with Crippen molar-refractivity contribution in [2.75, 3.05) is 26.3 Å². The van der Waals surface area contributed by atoms with Gasteiger partial charge in [-0.05, 0) is 56.5 Å². The number of fused-ring (bicyclic) bond motifs is 2. The van der Waals surface area contributed by atoms with E-state index in [0.29, 0.717) is 33.6 Å². The summed E-state index contributed by atoms with van der Waals surface area (Å²) in [6.45, 7) is 2.86. The fourth-order valence-electron chi connectivity index (χ4n) is 6.50. The van der Waals surface area contributed by atoms with E-state index in [0.717, 1.165) is 9.80 Å². The molecule has 0 saturated heterocycles. The Morgan fingerprint density at radius 3 is 1.49 bits per heavy atom. The number of nitro groups is 1. The number of carbonyl (C=O) groups is 6. The molecule has 0 bridgehead atoms. The molecule has 3 heterocycles. The molecule has 0 saturated carbocycles. The maximum atomic E-state index is 13.7. The average molecular weight is 693 g/mol. The number of nitrogens with zero attached hydrogens (tertiary/aromatic N) is 3. The molecule has 0 spiro atoms. The molecular weight excluding hydrogens is 660 g/mol. The van der Waals surface area contributed by atoms with Crippen molar-refractivity contribution in [2.24, 2.45) is 0 Å². The van der Waals surface area contributed by atoms with E-state index in [1.165, 1.54) is 18.2 Å². The summed E-state index contributed by atoms with van der Waals surface area (Å²) in [7, 11) is 0. The Bertz CT molecular complexity index is 1900. The van der Waals surface area contributed by atoms with Gasteiger partial charge in [0, 0.05) is 36.6 Å².